The van der Waals surface area contributed by atoms with E-state index >= 15 is 0 Å². The second kappa shape index (κ2) is 4.28. The summed E-state index contributed by atoms with van der Waals surface area (Å²) in [5.41, 5.74) is 5.91. The molecule has 0 bridgehead atoms. The van der Waals surface area contributed by atoms with Crippen molar-refractivity contribution in [3.05, 3.63) is 0 Å². The van der Waals surface area contributed by atoms with E-state index < -0.39 is 0 Å². The number of hydrogen-bond donors (Lipinski definition) is 1. The second-order valence-corrected chi connectivity index (χ2v) is 4.20. The monoisotopic (exact) mass is 198 g/mol. The van der Waals surface area contributed by atoms with Crippen LogP contribution in [0.25, 0.3) is 0 Å². The van der Waals surface area contributed by atoms with Crippen LogP contribution in [0.1, 0.15) is 19.3 Å². The molecule has 0 aromatic carbocycles. The molecule has 4 nitrogen and oxygen atoms in total. The van der Waals surface area contributed by atoms with Gasteiger partial charge in [0.1, 0.15) is 0 Å². The van der Waals surface area contributed by atoms with Crippen LogP contribution in [-0.4, -0.2) is 43.2 Å². The first kappa shape index (κ1) is 9.93. The fourth-order valence-corrected chi connectivity index (χ4v) is 1.83. The van der Waals surface area contributed by atoms with Gasteiger partial charge in [-0.15, -0.1) is 0 Å². The van der Waals surface area contributed by atoms with Gasteiger partial charge >= 0.3 is 0 Å². The smallest absolute Gasteiger partial charge is 0.224 e. The molecule has 0 radical (unpaired) electrons. The lowest BCUT2D eigenvalue weighted by Crippen LogP contribution is -2.43. The quantitative estimate of drug-likeness (QED) is 0.693. The first-order chi connectivity index (χ1) is 6.77. The molecule has 1 aliphatic heterocycles. The zero-order chi connectivity index (χ0) is 9.97. The van der Waals surface area contributed by atoms with E-state index in [1.54, 1.807) is 0 Å². The van der Waals surface area contributed by atoms with Crippen molar-refractivity contribution in [2.24, 2.45) is 11.7 Å². The zero-order valence-corrected chi connectivity index (χ0v) is 8.45. The Morgan fingerprint density at radius 2 is 2.07 bits per heavy atom. The molecule has 80 valence electrons. The van der Waals surface area contributed by atoms with Crippen molar-refractivity contribution < 1.29 is 9.53 Å². The number of nitrogens with two attached hydrogens (primary N) is 1. The lowest BCUT2D eigenvalue weighted by Gasteiger charge is -2.27. The summed E-state index contributed by atoms with van der Waals surface area (Å²) < 4.78 is 5.19. The fourth-order valence-electron chi connectivity index (χ4n) is 1.83. The first-order valence-electron chi connectivity index (χ1n) is 5.38. The van der Waals surface area contributed by atoms with Gasteiger partial charge in [-0.2, -0.15) is 0 Å². The van der Waals surface area contributed by atoms with Crippen molar-refractivity contribution >= 4 is 5.91 Å². The van der Waals surface area contributed by atoms with Crippen molar-refractivity contribution in [3.8, 4) is 0 Å². The van der Waals surface area contributed by atoms with Gasteiger partial charge in [0.15, 0.2) is 0 Å². The van der Waals surface area contributed by atoms with Gasteiger partial charge in [0, 0.05) is 25.6 Å². The lowest BCUT2D eigenvalue weighted by molar-refractivity contribution is -0.135. The fraction of sp³-hybridized carbons (Fsp3) is 0.900. The van der Waals surface area contributed by atoms with Crippen molar-refractivity contribution in [1.82, 2.24) is 4.90 Å². The van der Waals surface area contributed by atoms with Crippen molar-refractivity contribution in [1.29, 1.82) is 0 Å². The van der Waals surface area contributed by atoms with E-state index in [9.17, 15) is 4.79 Å². The van der Waals surface area contributed by atoms with E-state index in [0.717, 1.165) is 13.1 Å². The zero-order valence-electron chi connectivity index (χ0n) is 8.45. The molecule has 2 N–H and O–H groups in total. The lowest BCUT2D eigenvalue weighted by atomic mass is 10.1. The number of carbonyl (C=O) groups excluding carboxylic acids is 1. The summed E-state index contributed by atoms with van der Waals surface area (Å²) in [5.74, 6) is 0.813. The van der Waals surface area contributed by atoms with Gasteiger partial charge in [-0.3, -0.25) is 4.79 Å². The minimum Gasteiger partial charge on any atom is -0.378 e. The van der Waals surface area contributed by atoms with Crippen molar-refractivity contribution in [2.45, 2.75) is 25.3 Å². The number of carbonyl (C=O) groups is 1. The number of nitrogens with zero attached hydrogens (tertiary/aromatic N) is 1. The number of rotatable bonds is 3. The summed E-state index contributed by atoms with van der Waals surface area (Å²) >= 11 is 0. The van der Waals surface area contributed by atoms with Gasteiger partial charge in [0.25, 0.3) is 0 Å². The third-order valence-electron chi connectivity index (χ3n) is 3.00. The molecule has 14 heavy (non-hydrogen) atoms. The van der Waals surface area contributed by atoms with Crippen LogP contribution in [0, 0.1) is 5.92 Å². The Bertz CT molecular complexity index is 210. The summed E-state index contributed by atoms with van der Waals surface area (Å²) in [6.07, 6.45) is 2.93. The molecule has 0 aromatic rings. The molecule has 0 spiro atoms. The molecule has 4 heteroatoms. The average Bonchev–Trinajstić information content (AvgIpc) is 3.02. The Morgan fingerprint density at radius 1 is 1.43 bits per heavy atom. The highest BCUT2D eigenvalue weighted by Gasteiger charge is 2.31. The van der Waals surface area contributed by atoms with E-state index in [2.05, 4.69) is 0 Å². The summed E-state index contributed by atoms with van der Waals surface area (Å²) in [6, 6.07) is 0.0883. The SMILES string of the molecule is NC(CC(=O)N1CCOCC1)C1CC1. The largest absolute Gasteiger partial charge is 0.378 e. The van der Waals surface area contributed by atoms with Crippen molar-refractivity contribution in [3.63, 3.8) is 0 Å². The summed E-state index contributed by atoms with van der Waals surface area (Å²) in [4.78, 5) is 13.6. The maximum Gasteiger partial charge on any atom is 0.224 e. The van der Waals surface area contributed by atoms with Gasteiger partial charge in [-0.05, 0) is 18.8 Å². The van der Waals surface area contributed by atoms with Crippen LogP contribution >= 0.6 is 0 Å². The minimum absolute atomic E-state index is 0.0883. The van der Waals surface area contributed by atoms with Gasteiger partial charge in [-0.25, -0.2) is 0 Å². The number of hydrogen-bond acceptors (Lipinski definition) is 3. The maximum atomic E-state index is 11.7. The van der Waals surface area contributed by atoms with E-state index in [4.69, 9.17) is 10.5 Å². The van der Waals surface area contributed by atoms with E-state index in [0.29, 0.717) is 25.6 Å². The average molecular weight is 198 g/mol. The standard InChI is InChI=1S/C10H18N2O2/c11-9(8-1-2-8)7-10(13)12-3-5-14-6-4-12/h8-9H,1-7,11H2. The van der Waals surface area contributed by atoms with Gasteiger partial charge in [-0.1, -0.05) is 0 Å². The highest BCUT2D eigenvalue weighted by Crippen LogP contribution is 2.32. The summed E-state index contributed by atoms with van der Waals surface area (Å²) in [7, 11) is 0. The Balaban J connectivity index is 1.75. The van der Waals surface area contributed by atoms with Gasteiger partial charge in [0.05, 0.1) is 13.2 Å². The molecule has 1 aliphatic carbocycles. The molecule has 1 unspecified atom stereocenters. The molecule has 1 amide bonds. The van der Waals surface area contributed by atoms with Crippen LogP contribution in [0.3, 0.4) is 0 Å². The predicted octanol–water partition coefficient (Wildman–Crippen LogP) is -0.0274. The molecule has 2 fully saturated rings. The Hall–Kier alpha value is -0.610. The molecule has 2 aliphatic rings. The molecular weight excluding hydrogens is 180 g/mol. The molecule has 1 heterocycles. The van der Waals surface area contributed by atoms with E-state index in [1.165, 1.54) is 12.8 Å². The molecule has 1 saturated carbocycles. The number of morpholine rings is 1. The van der Waals surface area contributed by atoms with Crippen LogP contribution in [0.2, 0.25) is 0 Å². The second-order valence-electron chi connectivity index (χ2n) is 4.20. The molecular formula is C10H18N2O2. The van der Waals surface area contributed by atoms with Crippen LogP contribution in [0.4, 0.5) is 0 Å². The van der Waals surface area contributed by atoms with Crippen LogP contribution in [-0.2, 0) is 9.53 Å². The molecule has 2 rings (SSSR count). The Labute approximate surface area is 84.4 Å². The van der Waals surface area contributed by atoms with Crippen LogP contribution < -0.4 is 5.73 Å². The topological polar surface area (TPSA) is 55.6 Å². The van der Waals surface area contributed by atoms with Crippen LogP contribution in [0.5, 0.6) is 0 Å². The molecule has 1 saturated heterocycles. The summed E-state index contributed by atoms with van der Waals surface area (Å²) in [5, 5.41) is 0. The van der Waals surface area contributed by atoms with Crippen molar-refractivity contribution in [2.75, 3.05) is 26.3 Å². The number of amides is 1. The third-order valence-corrected chi connectivity index (χ3v) is 3.00. The minimum atomic E-state index is 0.0883. The maximum absolute atomic E-state index is 11.7. The third kappa shape index (κ3) is 2.45. The van der Waals surface area contributed by atoms with Crippen LogP contribution in [0.15, 0.2) is 0 Å². The van der Waals surface area contributed by atoms with Gasteiger partial charge < -0.3 is 15.4 Å². The Morgan fingerprint density at radius 3 is 2.64 bits per heavy atom. The van der Waals surface area contributed by atoms with E-state index in [-0.39, 0.29) is 11.9 Å². The summed E-state index contributed by atoms with van der Waals surface area (Å²) in [6.45, 7) is 2.81. The molecule has 0 aromatic heterocycles. The highest BCUT2D eigenvalue weighted by molar-refractivity contribution is 5.77. The van der Waals surface area contributed by atoms with Gasteiger partial charge in [0.2, 0.25) is 5.91 Å². The Kier molecular flexibility index (Phi) is 3.03. The first-order valence-corrected chi connectivity index (χ1v) is 5.38. The molecule has 1 atom stereocenters. The van der Waals surface area contributed by atoms with E-state index in [1.807, 2.05) is 4.90 Å². The predicted molar refractivity (Wildman–Crippen MR) is 52.7 cm³/mol. The normalized spacial score (nSPS) is 24.8. The highest BCUT2D eigenvalue weighted by atomic mass is 16.5. The number of ether oxygens (including phenoxy) is 1.